The molecule has 19 heavy (non-hydrogen) atoms. The molecule has 1 unspecified atom stereocenters. The molecule has 1 atom stereocenters. The molecule has 0 bridgehead atoms. The molecule has 1 aliphatic rings. The van der Waals surface area contributed by atoms with Crippen LogP contribution in [0.15, 0.2) is 12.7 Å². The minimum absolute atomic E-state index is 0.0682. The van der Waals surface area contributed by atoms with Gasteiger partial charge in [-0.25, -0.2) is 9.59 Å². The summed E-state index contributed by atoms with van der Waals surface area (Å²) in [6.45, 7) is 4.20. The number of aromatic carboxylic acids is 1. The second-order valence-electron chi connectivity index (χ2n) is 3.97. The van der Waals surface area contributed by atoms with E-state index in [1.807, 2.05) is 0 Å². The van der Waals surface area contributed by atoms with E-state index in [0.29, 0.717) is 11.6 Å². The molecular weight excluding hydrogens is 270 g/mol. The Morgan fingerprint density at radius 2 is 2.37 bits per heavy atom. The molecule has 1 N–H and O–H groups in total. The highest BCUT2D eigenvalue weighted by Crippen LogP contribution is 2.33. The molecule has 102 valence electrons. The molecule has 0 saturated carbocycles. The summed E-state index contributed by atoms with van der Waals surface area (Å²) in [5.41, 5.74) is 0. The zero-order valence-corrected chi connectivity index (χ0v) is 10.9. The van der Waals surface area contributed by atoms with Crippen LogP contribution >= 0.6 is 11.3 Å². The van der Waals surface area contributed by atoms with E-state index in [1.54, 1.807) is 4.90 Å². The van der Waals surface area contributed by atoms with E-state index in [0.717, 1.165) is 24.2 Å². The number of ether oxygens (including phenoxy) is 1. The predicted molar refractivity (Wildman–Crippen MR) is 67.1 cm³/mol. The summed E-state index contributed by atoms with van der Waals surface area (Å²) < 4.78 is 4.99. The Morgan fingerprint density at radius 1 is 1.58 bits per heavy atom. The Balaban J connectivity index is 2.11. The summed E-state index contributed by atoms with van der Waals surface area (Å²) in [4.78, 5) is 24.2. The van der Waals surface area contributed by atoms with Gasteiger partial charge < -0.3 is 9.84 Å². The van der Waals surface area contributed by atoms with Crippen molar-refractivity contribution in [2.45, 2.75) is 18.9 Å². The van der Waals surface area contributed by atoms with Crippen molar-refractivity contribution < 1.29 is 19.4 Å². The van der Waals surface area contributed by atoms with Crippen LogP contribution in [0.1, 0.15) is 33.7 Å². The molecule has 7 nitrogen and oxygen atoms in total. The molecule has 1 aliphatic heterocycles. The first-order valence-corrected chi connectivity index (χ1v) is 6.56. The Labute approximate surface area is 113 Å². The number of hydrogen-bond donors (Lipinski definition) is 1. The quantitative estimate of drug-likeness (QED) is 0.845. The molecule has 0 radical (unpaired) electrons. The Kier molecular flexibility index (Phi) is 4.10. The van der Waals surface area contributed by atoms with E-state index in [1.165, 1.54) is 6.08 Å². The molecule has 2 rings (SSSR count). The first kappa shape index (κ1) is 13.5. The van der Waals surface area contributed by atoms with Gasteiger partial charge in [0.25, 0.3) is 0 Å². The van der Waals surface area contributed by atoms with Crippen molar-refractivity contribution in [2.24, 2.45) is 0 Å². The summed E-state index contributed by atoms with van der Waals surface area (Å²) in [5.74, 6) is -1.11. The lowest BCUT2D eigenvalue weighted by Gasteiger charge is -2.21. The highest BCUT2D eigenvalue weighted by atomic mass is 32.1. The van der Waals surface area contributed by atoms with Crippen LogP contribution in [0, 0.1) is 0 Å². The number of likely N-dealkylation sites (tertiary alicyclic amines) is 1. The van der Waals surface area contributed by atoms with Crippen LogP contribution in [-0.4, -0.2) is 45.4 Å². The van der Waals surface area contributed by atoms with Crippen LogP contribution in [0.3, 0.4) is 0 Å². The third-order valence-electron chi connectivity index (χ3n) is 2.72. The first-order chi connectivity index (χ1) is 9.13. The number of aromatic nitrogens is 2. The largest absolute Gasteiger partial charge is 0.476 e. The minimum atomic E-state index is -1.11. The number of carbonyl (C=O) groups excluding carboxylic acids is 1. The standard InChI is InChI=1S/C11H13N3O4S/c1-2-6-18-11(17)14-5-3-4-7(14)8-12-13-9(19-8)10(15)16/h2,7H,1,3-6H2,(H,15,16). The molecule has 2 heterocycles. The monoisotopic (exact) mass is 283 g/mol. The van der Waals surface area contributed by atoms with Gasteiger partial charge in [-0.05, 0) is 12.8 Å². The van der Waals surface area contributed by atoms with E-state index < -0.39 is 12.1 Å². The third kappa shape index (κ3) is 2.90. The Morgan fingerprint density at radius 3 is 3.00 bits per heavy atom. The van der Waals surface area contributed by atoms with Gasteiger partial charge in [0.1, 0.15) is 11.6 Å². The minimum Gasteiger partial charge on any atom is -0.476 e. The normalized spacial score (nSPS) is 18.3. The van der Waals surface area contributed by atoms with E-state index in [-0.39, 0.29) is 17.7 Å². The highest BCUT2D eigenvalue weighted by molar-refractivity contribution is 7.13. The Hall–Kier alpha value is -1.96. The van der Waals surface area contributed by atoms with Gasteiger partial charge in [-0.1, -0.05) is 24.0 Å². The lowest BCUT2D eigenvalue weighted by molar-refractivity contribution is 0.0695. The Bertz CT molecular complexity index is 502. The first-order valence-electron chi connectivity index (χ1n) is 5.74. The van der Waals surface area contributed by atoms with Crippen molar-refractivity contribution >= 4 is 23.4 Å². The number of rotatable bonds is 4. The molecule has 0 aliphatic carbocycles. The van der Waals surface area contributed by atoms with E-state index in [9.17, 15) is 9.59 Å². The number of nitrogens with zero attached hydrogens (tertiary/aromatic N) is 3. The maximum Gasteiger partial charge on any atom is 0.410 e. The highest BCUT2D eigenvalue weighted by Gasteiger charge is 2.33. The van der Waals surface area contributed by atoms with Crippen molar-refractivity contribution in [3.05, 3.63) is 22.7 Å². The maximum absolute atomic E-state index is 11.8. The fourth-order valence-electron chi connectivity index (χ4n) is 1.91. The molecule has 1 saturated heterocycles. The van der Waals surface area contributed by atoms with Crippen molar-refractivity contribution in [3.63, 3.8) is 0 Å². The fourth-order valence-corrected chi connectivity index (χ4v) is 2.74. The molecule has 1 fully saturated rings. The van der Waals surface area contributed by atoms with Crippen LogP contribution in [0.5, 0.6) is 0 Å². The summed E-state index contributed by atoms with van der Waals surface area (Å²) in [5, 5.41) is 16.7. The lowest BCUT2D eigenvalue weighted by Crippen LogP contribution is -2.31. The summed E-state index contributed by atoms with van der Waals surface area (Å²) in [6, 6.07) is -0.247. The van der Waals surface area contributed by atoms with Crippen molar-refractivity contribution in [3.8, 4) is 0 Å². The average Bonchev–Trinajstić information content (AvgIpc) is 3.02. The zero-order chi connectivity index (χ0) is 13.8. The molecule has 0 spiro atoms. The summed E-state index contributed by atoms with van der Waals surface area (Å²) >= 11 is 0.992. The number of carbonyl (C=O) groups is 2. The van der Waals surface area contributed by atoms with Gasteiger partial charge in [-0.15, -0.1) is 10.2 Å². The topological polar surface area (TPSA) is 92.6 Å². The second-order valence-corrected chi connectivity index (χ2v) is 4.98. The van der Waals surface area contributed by atoms with Crippen LogP contribution in [0.4, 0.5) is 4.79 Å². The zero-order valence-electron chi connectivity index (χ0n) is 10.1. The summed E-state index contributed by atoms with van der Waals surface area (Å²) in [6.07, 6.45) is 2.62. The predicted octanol–water partition coefficient (Wildman–Crippen LogP) is 1.70. The molecule has 1 aromatic rings. The van der Waals surface area contributed by atoms with Gasteiger partial charge in [0, 0.05) is 6.54 Å². The molecule has 0 aromatic carbocycles. The average molecular weight is 283 g/mol. The van der Waals surface area contributed by atoms with Crippen LogP contribution in [0.2, 0.25) is 0 Å². The van der Waals surface area contributed by atoms with Crippen molar-refractivity contribution in [2.75, 3.05) is 13.2 Å². The van der Waals surface area contributed by atoms with Crippen molar-refractivity contribution in [1.82, 2.24) is 15.1 Å². The smallest absolute Gasteiger partial charge is 0.410 e. The van der Waals surface area contributed by atoms with Crippen molar-refractivity contribution in [1.29, 1.82) is 0 Å². The van der Waals surface area contributed by atoms with Crippen LogP contribution in [0.25, 0.3) is 0 Å². The van der Waals surface area contributed by atoms with E-state index in [2.05, 4.69) is 16.8 Å². The lowest BCUT2D eigenvalue weighted by atomic mass is 10.2. The van der Waals surface area contributed by atoms with Gasteiger partial charge in [0.2, 0.25) is 5.01 Å². The van der Waals surface area contributed by atoms with Gasteiger partial charge in [0.05, 0.1) is 6.04 Å². The fraction of sp³-hybridized carbons (Fsp3) is 0.455. The maximum atomic E-state index is 11.8. The van der Waals surface area contributed by atoms with Crippen LogP contribution in [-0.2, 0) is 4.74 Å². The van der Waals surface area contributed by atoms with Gasteiger partial charge in [-0.2, -0.15) is 0 Å². The SMILES string of the molecule is C=CCOC(=O)N1CCCC1c1nnc(C(=O)O)s1. The number of hydrogen-bond acceptors (Lipinski definition) is 6. The van der Waals surface area contributed by atoms with E-state index >= 15 is 0 Å². The van der Waals surface area contributed by atoms with Gasteiger partial charge in [0.15, 0.2) is 0 Å². The summed E-state index contributed by atoms with van der Waals surface area (Å²) in [7, 11) is 0. The third-order valence-corrected chi connectivity index (χ3v) is 3.73. The number of carboxylic acids is 1. The number of amides is 1. The second kappa shape index (κ2) is 5.79. The number of carboxylic acid groups (broad SMARTS) is 1. The molecular formula is C11H13N3O4S. The molecule has 1 amide bonds. The van der Waals surface area contributed by atoms with Gasteiger partial charge in [-0.3, -0.25) is 4.90 Å². The van der Waals surface area contributed by atoms with Gasteiger partial charge >= 0.3 is 12.1 Å². The van der Waals surface area contributed by atoms with E-state index in [4.69, 9.17) is 9.84 Å². The molecule has 1 aromatic heterocycles. The molecule has 8 heteroatoms. The van der Waals surface area contributed by atoms with Crippen LogP contribution < -0.4 is 0 Å².